The number of ether oxygens (including phenoxy) is 1. The minimum Gasteiger partial charge on any atom is -0.447 e. The first-order valence-electron chi connectivity index (χ1n) is 15.1. The molecule has 1 aliphatic carbocycles. The second-order valence-corrected chi connectivity index (χ2v) is 11.9. The average molecular weight is 578 g/mol. The molecule has 2 aromatic carbocycles. The van der Waals surface area contributed by atoms with Crippen LogP contribution in [0.3, 0.4) is 0 Å². The largest absolute Gasteiger partial charge is 0.447 e. The van der Waals surface area contributed by atoms with Crippen LogP contribution in [-0.2, 0) is 17.8 Å². The van der Waals surface area contributed by atoms with E-state index >= 15 is 0 Å². The van der Waals surface area contributed by atoms with Crippen molar-refractivity contribution in [2.24, 2.45) is 0 Å². The monoisotopic (exact) mass is 577 g/mol. The standard InChI is InChI=1S/C33H35N7O3/c1-3-28(41)39-16-15-37(18-24(39)12-13-34)31-26-19-40(27-17-23-10-4-8-22-9-5-11-25(27)29(22)23)32(42)30(26)35-33(36-31)43-20-38-14-6-7-21(38)2/h3-5,8-11,21,24,27H,1,6-7,12,14-20H2,2H3/t21?,24-,27?/m0/s1. The zero-order valence-electron chi connectivity index (χ0n) is 24.4. The third-order valence-electron chi connectivity index (χ3n) is 9.55. The lowest BCUT2D eigenvalue weighted by atomic mass is 10.0. The third-order valence-corrected chi connectivity index (χ3v) is 9.55. The molecular weight excluding hydrogens is 542 g/mol. The van der Waals surface area contributed by atoms with Crippen molar-refractivity contribution in [1.82, 2.24) is 24.7 Å². The minimum atomic E-state index is -0.320. The van der Waals surface area contributed by atoms with Gasteiger partial charge in [-0.3, -0.25) is 14.5 Å². The number of carbonyl (C=O) groups is 2. The Hall–Kier alpha value is -4.49. The van der Waals surface area contributed by atoms with Crippen LogP contribution in [0.4, 0.5) is 5.82 Å². The second-order valence-electron chi connectivity index (χ2n) is 11.9. The maximum absolute atomic E-state index is 14.1. The SMILES string of the molecule is C=CC(=O)N1CCN(c2nc(OCN3CCCC3C)nc3c2CN(C2Cc4cccc5cccc2c45)C3=O)C[C@@H]1CC#N. The summed E-state index contributed by atoms with van der Waals surface area (Å²) >= 11 is 0. The van der Waals surface area contributed by atoms with E-state index in [-0.39, 0.29) is 36.3 Å². The molecule has 0 N–H and O–H groups in total. The number of nitriles is 1. The highest BCUT2D eigenvalue weighted by atomic mass is 16.5. The van der Waals surface area contributed by atoms with E-state index in [0.29, 0.717) is 50.5 Å². The summed E-state index contributed by atoms with van der Waals surface area (Å²) in [7, 11) is 0. The lowest BCUT2D eigenvalue weighted by Gasteiger charge is -2.41. The van der Waals surface area contributed by atoms with E-state index in [1.807, 2.05) is 4.90 Å². The van der Waals surface area contributed by atoms with E-state index in [2.05, 4.69) is 65.8 Å². The number of benzene rings is 2. The quantitative estimate of drug-likeness (QED) is 0.391. The van der Waals surface area contributed by atoms with Crippen LogP contribution < -0.4 is 9.64 Å². The molecule has 1 aromatic heterocycles. The first-order chi connectivity index (χ1) is 21.0. The van der Waals surface area contributed by atoms with Gasteiger partial charge in [0, 0.05) is 37.8 Å². The Kier molecular flexibility index (Phi) is 6.98. The Bertz CT molecular complexity index is 1660. The molecule has 2 fully saturated rings. The summed E-state index contributed by atoms with van der Waals surface area (Å²) < 4.78 is 6.15. The van der Waals surface area contributed by atoms with Crippen LogP contribution in [0.2, 0.25) is 0 Å². The highest BCUT2D eigenvalue weighted by Gasteiger charge is 2.42. The van der Waals surface area contributed by atoms with Crippen LogP contribution in [0.5, 0.6) is 6.01 Å². The van der Waals surface area contributed by atoms with Crippen molar-refractivity contribution in [2.45, 2.75) is 57.3 Å². The molecule has 0 saturated carbocycles. The van der Waals surface area contributed by atoms with E-state index in [1.165, 1.54) is 22.4 Å². The lowest BCUT2D eigenvalue weighted by Crippen LogP contribution is -2.55. The number of amides is 2. The summed E-state index contributed by atoms with van der Waals surface area (Å²) in [4.78, 5) is 44.3. The van der Waals surface area contributed by atoms with Crippen LogP contribution >= 0.6 is 0 Å². The fraction of sp³-hybridized carbons (Fsp3) is 0.424. The maximum Gasteiger partial charge on any atom is 0.320 e. The number of carbonyl (C=O) groups excluding carboxylic acids is 2. The molecule has 2 saturated heterocycles. The van der Waals surface area contributed by atoms with Crippen LogP contribution in [0, 0.1) is 11.3 Å². The van der Waals surface area contributed by atoms with Crippen molar-refractivity contribution in [1.29, 1.82) is 5.26 Å². The highest BCUT2D eigenvalue weighted by Crippen LogP contribution is 2.44. The zero-order chi connectivity index (χ0) is 29.7. The molecule has 43 heavy (non-hydrogen) atoms. The van der Waals surface area contributed by atoms with Gasteiger partial charge < -0.3 is 19.4 Å². The van der Waals surface area contributed by atoms with Gasteiger partial charge in [0.1, 0.15) is 18.2 Å². The molecule has 0 spiro atoms. The second kappa shape index (κ2) is 11.0. The number of aromatic nitrogens is 2. The molecule has 3 atom stereocenters. The van der Waals surface area contributed by atoms with Crippen molar-refractivity contribution in [3.8, 4) is 12.1 Å². The van der Waals surface area contributed by atoms with Crippen LogP contribution in [0.25, 0.3) is 10.8 Å². The first kappa shape index (κ1) is 27.3. The Balaban J connectivity index is 1.23. The number of hydrogen-bond donors (Lipinski definition) is 0. The van der Waals surface area contributed by atoms with Crippen molar-refractivity contribution in [3.63, 3.8) is 0 Å². The maximum atomic E-state index is 14.1. The summed E-state index contributed by atoms with van der Waals surface area (Å²) in [6, 6.07) is 15.1. The van der Waals surface area contributed by atoms with E-state index in [4.69, 9.17) is 14.7 Å². The smallest absolute Gasteiger partial charge is 0.320 e. The Labute approximate surface area is 251 Å². The topological polar surface area (TPSA) is 106 Å². The normalized spacial score (nSPS) is 23.1. The number of hydrogen-bond acceptors (Lipinski definition) is 8. The number of anilines is 1. The number of piperazine rings is 1. The zero-order valence-corrected chi connectivity index (χ0v) is 24.4. The van der Waals surface area contributed by atoms with Gasteiger partial charge in [0.25, 0.3) is 5.91 Å². The average Bonchev–Trinajstić information content (AvgIpc) is 3.71. The molecule has 4 aliphatic rings. The van der Waals surface area contributed by atoms with Crippen molar-refractivity contribution in [2.75, 3.05) is 37.8 Å². The molecule has 7 rings (SSSR count). The van der Waals surface area contributed by atoms with Crippen molar-refractivity contribution < 1.29 is 14.3 Å². The van der Waals surface area contributed by atoms with Gasteiger partial charge in [-0.2, -0.15) is 15.2 Å². The lowest BCUT2D eigenvalue weighted by molar-refractivity contribution is -0.128. The first-order valence-corrected chi connectivity index (χ1v) is 15.1. The molecule has 2 amide bonds. The van der Waals surface area contributed by atoms with Gasteiger partial charge in [-0.1, -0.05) is 43.0 Å². The number of likely N-dealkylation sites (tertiary alicyclic amines) is 1. The van der Waals surface area contributed by atoms with E-state index in [1.54, 1.807) is 4.90 Å². The number of nitrogens with zero attached hydrogens (tertiary/aromatic N) is 7. The van der Waals surface area contributed by atoms with Gasteiger partial charge in [-0.25, -0.2) is 0 Å². The van der Waals surface area contributed by atoms with E-state index in [0.717, 1.165) is 36.9 Å². The summed E-state index contributed by atoms with van der Waals surface area (Å²) in [5, 5.41) is 12.0. The van der Waals surface area contributed by atoms with Crippen LogP contribution in [0.1, 0.15) is 59.4 Å². The highest BCUT2D eigenvalue weighted by molar-refractivity contribution is 5.99. The molecule has 4 heterocycles. The minimum absolute atomic E-state index is 0.0983. The molecule has 2 unspecified atom stereocenters. The molecule has 220 valence electrons. The van der Waals surface area contributed by atoms with Crippen LogP contribution in [0.15, 0.2) is 49.1 Å². The Morgan fingerprint density at radius 2 is 2.02 bits per heavy atom. The fourth-order valence-corrected chi connectivity index (χ4v) is 7.28. The third kappa shape index (κ3) is 4.68. The van der Waals surface area contributed by atoms with Crippen LogP contribution in [-0.4, -0.2) is 81.5 Å². The van der Waals surface area contributed by atoms with E-state index < -0.39 is 0 Å². The fourth-order valence-electron chi connectivity index (χ4n) is 7.28. The molecular formula is C33H35N7O3. The van der Waals surface area contributed by atoms with Crippen molar-refractivity contribution in [3.05, 3.63) is 71.4 Å². The molecule has 3 aromatic rings. The summed E-state index contributed by atoms with van der Waals surface area (Å²) in [6.45, 7) is 8.87. The van der Waals surface area contributed by atoms with Crippen molar-refractivity contribution >= 4 is 28.4 Å². The van der Waals surface area contributed by atoms with Gasteiger partial charge in [-0.15, -0.1) is 0 Å². The number of fused-ring (bicyclic) bond motifs is 1. The number of rotatable bonds is 7. The van der Waals surface area contributed by atoms with Gasteiger partial charge in [0.15, 0.2) is 0 Å². The summed E-state index contributed by atoms with van der Waals surface area (Å²) in [5.41, 5.74) is 3.56. The molecule has 0 radical (unpaired) electrons. The summed E-state index contributed by atoms with van der Waals surface area (Å²) in [6.07, 6.45) is 4.48. The predicted molar refractivity (Wildman–Crippen MR) is 161 cm³/mol. The predicted octanol–water partition coefficient (Wildman–Crippen LogP) is 3.82. The van der Waals surface area contributed by atoms with Gasteiger partial charge in [0.2, 0.25) is 5.91 Å². The summed E-state index contributed by atoms with van der Waals surface area (Å²) in [5.74, 6) is 0.336. The molecule has 3 aliphatic heterocycles. The Morgan fingerprint density at radius 3 is 2.79 bits per heavy atom. The molecule has 10 heteroatoms. The molecule has 10 nitrogen and oxygen atoms in total. The van der Waals surface area contributed by atoms with E-state index in [9.17, 15) is 14.9 Å². The van der Waals surface area contributed by atoms with Gasteiger partial charge in [-0.05, 0) is 54.2 Å². The van der Waals surface area contributed by atoms with Gasteiger partial charge >= 0.3 is 6.01 Å². The van der Waals surface area contributed by atoms with Gasteiger partial charge in [0.05, 0.1) is 31.1 Å². The molecule has 0 bridgehead atoms. The Morgan fingerprint density at radius 1 is 1.19 bits per heavy atom.